The van der Waals surface area contributed by atoms with Gasteiger partial charge in [-0.25, -0.2) is 5.10 Å². The highest BCUT2D eigenvalue weighted by Crippen LogP contribution is 2.08. The topological polar surface area (TPSA) is 152 Å². The van der Waals surface area contributed by atoms with Crippen LogP contribution in [0.4, 0.5) is 5.82 Å². The molecule has 1 aliphatic heterocycles. The molecule has 0 fully saturated rings. The van der Waals surface area contributed by atoms with Crippen LogP contribution in [0.2, 0.25) is 0 Å². The van der Waals surface area contributed by atoms with Gasteiger partial charge in [0.25, 0.3) is 5.91 Å². The van der Waals surface area contributed by atoms with Crippen LogP contribution in [0.25, 0.3) is 0 Å². The standard InChI is InChI=1S/C3H6N4O2.C3H2N2O/c4-2-1(8)3(9)6-7(2)5;6-3-1-2-4-5-3/h8H,4-5H2,(H,6,9);1-2H. The minimum absolute atomic E-state index is 0.167. The van der Waals surface area contributed by atoms with Crippen LogP contribution in [-0.2, 0) is 4.79 Å². The number of azo groups is 1. The molecule has 6 N–H and O–H groups in total. The molecule has 0 aliphatic carbocycles. The average Bonchev–Trinajstić information content (AvgIpc) is 2.73. The van der Waals surface area contributed by atoms with Gasteiger partial charge in [0.1, 0.15) is 0 Å². The second-order valence-electron chi connectivity index (χ2n) is 2.41. The van der Waals surface area contributed by atoms with Crippen molar-refractivity contribution in [3.63, 3.8) is 0 Å². The summed E-state index contributed by atoms with van der Waals surface area (Å²) in [6.45, 7) is 0. The first-order chi connectivity index (χ1) is 7.02. The molecule has 1 aliphatic rings. The molecule has 0 atom stereocenters. The number of aromatic hydroxyl groups is 1. The van der Waals surface area contributed by atoms with Gasteiger partial charge in [0.15, 0.2) is 5.82 Å². The maximum absolute atomic E-state index is 10.4. The van der Waals surface area contributed by atoms with E-state index < -0.39 is 11.3 Å². The SMILES string of the molecule is Nc1c(O)c(=O)[nH]n1N.O=C1C=CN=N1. The third-order valence-corrected chi connectivity index (χ3v) is 1.38. The molecular weight excluding hydrogens is 204 g/mol. The van der Waals surface area contributed by atoms with E-state index in [-0.39, 0.29) is 11.7 Å². The molecule has 0 radical (unpaired) electrons. The zero-order chi connectivity index (χ0) is 11.4. The van der Waals surface area contributed by atoms with Gasteiger partial charge in [0, 0.05) is 6.08 Å². The van der Waals surface area contributed by atoms with E-state index in [0.717, 1.165) is 4.79 Å². The van der Waals surface area contributed by atoms with Crippen molar-refractivity contribution in [3.8, 4) is 5.75 Å². The van der Waals surface area contributed by atoms with Gasteiger partial charge in [0.2, 0.25) is 5.75 Å². The first kappa shape index (κ1) is 10.5. The third-order valence-electron chi connectivity index (χ3n) is 1.38. The number of hydrogen-bond donors (Lipinski definition) is 4. The van der Waals surface area contributed by atoms with Crippen molar-refractivity contribution >= 4 is 11.7 Å². The number of nitrogens with two attached hydrogens (primary N) is 2. The molecule has 2 rings (SSSR count). The highest BCUT2D eigenvalue weighted by atomic mass is 16.3. The molecular formula is C6H8N6O3. The third kappa shape index (κ3) is 2.43. The first-order valence-electron chi connectivity index (χ1n) is 3.68. The predicted molar refractivity (Wildman–Crippen MR) is 50.3 cm³/mol. The number of carbonyl (C=O) groups excluding carboxylic acids is 1. The molecule has 9 nitrogen and oxygen atoms in total. The molecule has 0 spiro atoms. The van der Waals surface area contributed by atoms with E-state index in [1.54, 1.807) is 0 Å². The van der Waals surface area contributed by atoms with Crippen molar-refractivity contribution in [2.75, 3.05) is 11.6 Å². The Labute approximate surface area is 82.7 Å². The first-order valence-corrected chi connectivity index (χ1v) is 3.68. The number of carbonyl (C=O) groups is 1. The van der Waals surface area contributed by atoms with E-state index in [9.17, 15) is 9.59 Å². The van der Waals surface area contributed by atoms with Crippen molar-refractivity contribution in [2.45, 2.75) is 0 Å². The fraction of sp³-hybridized carbons (Fsp3) is 0. The largest absolute Gasteiger partial charge is 0.500 e. The molecule has 1 aromatic heterocycles. The van der Waals surface area contributed by atoms with Gasteiger partial charge in [-0.2, -0.15) is 9.91 Å². The number of aromatic nitrogens is 2. The second kappa shape index (κ2) is 4.09. The second-order valence-corrected chi connectivity index (χ2v) is 2.41. The quantitative estimate of drug-likeness (QED) is 0.392. The zero-order valence-electron chi connectivity index (χ0n) is 7.41. The highest BCUT2D eigenvalue weighted by molar-refractivity contribution is 5.89. The molecule has 15 heavy (non-hydrogen) atoms. The van der Waals surface area contributed by atoms with Crippen molar-refractivity contribution in [3.05, 3.63) is 22.6 Å². The molecule has 0 aromatic carbocycles. The fourth-order valence-corrected chi connectivity index (χ4v) is 0.674. The Kier molecular flexibility index (Phi) is 2.86. The normalized spacial score (nSPS) is 12.7. The maximum atomic E-state index is 10.4. The molecule has 0 saturated carbocycles. The van der Waals surface area contributed by atoms with Crippen molar-refractivity contribution in [1.29, 1.82) is 0 Å². The van der Waals surface area contributed by atoms with Crippen LogP contribution in [0.15, 0.2) is 27.3 Å². The summed E-state index contributed by atoms with van der Waals surface area (Å²) in [6, 6.07) is 0. The summed E-state index contributed by atoms with van der Waals surface area (Å²) in [5.74, 6) is 4.04. The number of aromatic amines is 1. The van der Waals surface area contributed by atoms with E-state index in [2.05, 4.69) is 10.2 Å². The van der Waals surface area contributed by atoms with Crippen LogP contribution in [0.5, 0.6) is 5.75 Å². The molecule has 1 aromatic rings. The van der Waals surface area contributed by atoms with Crippen LogP contribution >= 0.6 is 0 Å². The average molecular weight is 212 g/mol. The van der Waals surface area contributed by atoms with Crippen molar-refractivity contribution in [2.24, 2.45) is 10.2 Å². The number of anilines is 1. The van der Waals surface area contributed by atoms with Gasteiger partial charge in [-0.1, -0.05) is 0 Å². The summed E-state index contributed by atoms with van der Waals surface area (Å²) >= 11 is 0. The summed E-state index contributed by atoms with van der Waals surface area (Å²) in [7, 11) is 0. The number of nitrogens with one attached hydrogen (secondary N) is 1. The lowest BCUT2D eigenvalue weighted by Crippen LogP contribution is -2.15. The zero-order valence-corrected chi connectivity index (χ0v) is 7.41. The van der Waals surface area contributed by atoms with Gasteiger partial charge < -0.3 is 16.7 Å². The van der Waals surface area contributed by atoms with Crippen LogP contribution in [0.1, 0.15) is 0 Å². The number of rotatable bonds is 0. The Morgan fingerprint density at radius 1 is 1.47 bits per heavy atom. The number of nitrogens with zero attached hydrogens (tertiary/aromatic N) is 3. The summed E-state index contributed by atoms with van der Waals surface area (Å²) in [4.78, 5) is 21.0. The fourth-order valence-electron chi connectivity index (χ4n) is 0.674. The highest BCUT2D eigenvalue weighted by Gasteiger charge is 2.05. The lowest BCUT2D eigenvalue weighted by Gasteiger charge is -1.90. The Morgan fingerprint density at radius 2 is 2.13 bits per heavy atom. The minimum Gasteiger partial charge on any atom is -0.500 e. The summed E-state index contributed by atoms with van der Waals surface area (Å²) < 4.78 is 0. The number of H-pyrrole nitrogens is 1. The van der Waals surface area contributed by atoms with E-state index in [0.29, 0.717) is 0 Å². The molecule has 1 amide bonds. The molecule has 0 saturated heterocycles. The summed E-state index contributed by atoms with van der Waals surface area (Å²) in [6.07, 6.45) is 2.67. The molecule has 2 heterocycles. The monoisotopic (exact) mass is 212 g/mol. The van der Waals surface area contributed by atoms with E-state index in [4.69, 9.17) is 16.7 Å². The van der Waals surface area contributed by atoms with Gasteiger partial charge in [0.05, 0.1) is 6.20 Å². The van der Waals surface area contributed by atoms with Gasteiger partial charge in [-0.3, -0.25) is 9.59 Å². The van der Waals surface area contributed by atoms with Gasteiger partial charge in [-0.15, -0.1) is 5.11 Å². The Morgan fingerprint density at radius 3 is 2.27 bits per heavy atom. The maximum Gasteiger partial charge on any atom is 0.310 e. The smallest absolute Gasteiger partial charge is 0.310 e. The molecule has 9 heteroatoms. The Hall–Kier alpha value is -2.58. The summed E-state index contributed by atoms with van der Waals surface area (Å²) in [5, 5.41) is 17.1. The van der Waals surface area contributed by atoms with E-state index >= 15 is 0 Å². The van der Waals surface area contributed by atoms with Gasteiger partial charge >= 0.3 is 5.56 Å². The Bertz CT molecular complexity index is 468. The molecule has 0 unspecified atom stereocenters. The van der Waals surface area contributed by atoms with Crippen molar-refractivity contribution < 1.29 is 9.90 Å². The number of hydrogen-bond acceptors (Lipinski definition) is 6. The lowest BCUT2D eigenvalue weighted by molar-refractivity contribution is -0.113. The Balaban J connectivity index is 0.000000162. The van der Waals surface area contributed by atoms with Crippen LogP contribution in [-0.4, -0.2) is 20.9 Å². The molecule has 80 valence electrons. The number of amides is 1. The van der Waals surface area contributed by atoms with Gasteiger partial charge in [-0.05, 0) is 0 Å². The minimum atomic E-state index is -0.685. The number of nitrogen functional groups attached to an aromatic ring is 2. The molecule has 0 bridgehead atoms. The van der Waals surface area contributed by atoms with Crippen LogP contribution in [0, 0.1) is 0 Å². The van der Waals surface area contributed by atoms with E-state index in [1.165, 1.54) is 12.3 Å². The van der Waals surface area contributed by atoms with Crippen molar-refractivity contribution in [1.82, 2.24) is 9.89 Å². The lowest BCUT2D eigenvalue weighted by atomic mass is 10.6. The summed E-state index contributed by atoms with van der Waals surface area (Å²) in [5.41, 5.74) is 4.37. The van der Waals surface area contributed by atoms with E-state index in [1.807, 2.05) is 5.10 Å². The predicted octanol–water partition coefficient (Wildman–Crippen LogP) is -1.33. The van der Waals surface area contributed by atoms with Crippen LogP contribution in [0.3, 0.4) is 0 Å². The van der Waals surface area contributed by atoms with Crippen LogP contribution < -0.4 is 17.1 Å².